The molecule has 3 rings (SSSR count). The zero-order valence-corrected chi connectivity index (χ0v) is 12.7. The SMILES string of the molecule is CC1CCNCC1NS(=O)(=O)c1cccc2cccnc12. The van der Waals surface area contributed by atoms with Crippen LogP contribution in [0, 0.1) is 5.92 Å². The Balaban J connectivity index is 1.97. The van der Waals surface area contributed by atoms with E-state index in [0.29, 0.717) is 18.0 Å². The molecular weight excluding hydrogens is 286 g/mol. The van der Waals surface area contributed by atoms with Gasteiger partial charge in [0.05, 0.1) is 5.52 Å². The first-order valence-corrected chi connectivity index (χ1v) is 8.63. The zero-order valence-electron chi connectivity index (χ0n) is 11.9. The van der Waals surface area contributed by atoms with Crippen LogP contribution >= 0.6 is 0 Å². The van der Waals surface area contributed by atoms with E-state index >= 15 is 0 Å². The molecule has 1 aliphatic rings. The number of benzene rings is 1. The molecular formula is C15H19N3O2S. The Hall–Kier alpha value is -1.50. The number of para-hydroxylation sites is 1. The molecule has 21 heavy (non-hydrogen) atoms. The van der Waals surface area contributed by atoms with Gasteiger partial charge in [0.2, 0.25) is 10.0 Å². The van der Waals surface area contributed by atoms with Crippen LogP contribution in [0.25, 0.3) is 10.9 Å². The van der Waals surface area contributed by atoms with E-state index in [-0.39, 0.29) is 10.9 Å². The predicted molar refractivity (Wildman–Crippen MR) is 82.5 cm³/mol. The number of aromatic nitrogens is 1. The summed E-state index contributed by atoms with van der Waals surface area (Å²) in [6.07, 6.45) is 2.59. The minimum Gasteiger partial charge on any atom is -0.315 e. The van der Waals surface area contributed by atoms with Crippen LogP contribution in [0.5, 0.6) is 0 Å². The maximum absolute atomic E-state index is 12.7. The summed E-state index contributed by atoms with van der Waals surface area (Å²) in [6.45, 7) is 3.68. The van der Waals surface area contributed by atoms with Crippen molar-refractivity contribution in [1.29, 1.82) is 0 Å². The summed E-state index contributed by atoms with van der Waals surface area (Å²) in [5.41, 5.74) is 0.518. The van der Waals surface area contributed by atoms with Crippen molar-refractivity contribution in [2.24, 2.45) is 5.92 Å². The summed E-state index contributed by atoms with van der Waals surface area (Å²) in [5.74, 6) is 0.323. The van der Waals surface area contributed by atoms with Crippen molar-refractivity contribution in [3.63, 3.8) is 0 Å². The van der Waals surface area contributed by atoms with Crippen molar-refractivity contribution in [3.8, 4) is 0 Å². The summed E-state index contributed by atoms with van der Waals surface area (Å²) in [4.78, 5) is 4.47. The summed E-state index contributed by atoms with van der Waals surface area (Å²) in [5, 5.41) is 4.06. The Morgan fingerprint density at radius 2 is 2.10 bits per heavy atom. The number of piperidine rings is 1. The van der Waals surface area contributed by atoms with E-state index in [1.165, 1.54) is 0 Å². The van der Waals surface area contributed by atoms with Crippen LogP contribution in [0.3, 0.4) is 0 Å². The number of fused-ring (bicyclic) bond motifs is 1. The molecule has 1 aromatic heterocycles. The molecule has 1 saturated heterocycles. The van der Waals surface area contributed by atoms with Gasteiger partial charge in [0.1, 0.15) is 4.90 Å². The molecule has 2 aromatic rings. The molecule has 2 N–H and O–H groups in total. The maximum Gasteiger partial charge on any atom is 0.243 e. The summed E-state index contributed by atoms with van der Waals surface area (Å²) in [7, 11) is -3.57. The Kier molecular flexibility index (Phi) is 3.93. The highest BCUT2D eigenvalue weighted by Crippen LogP contribution is 2.22. The smallest absolute Gasteiger partial charge is 0.243 e. The first kappa shape index (κ1) is 14.4. The van der Waals surface area contributed by atoms with Crippen molar-refractivity contribution in [1.82, 2.24) is 15.0 Å². The minimum absolute atomic E-state index is 0.0808. The van der Waals surface area contributed by atoms with Gasteiger partial charge in [-0.25, -0.2) is 13.1 Å². The largest absolute Gasteiger partial charge is 0.315 e. The molecule has 2 unspecified atom stereocenters. The molecule has 1 fully saturated rings. The van der Waals surface area contributed by atoms with Crippen LogP contribution in [-0.2, 0) is 10.0 Å². The quantitative estimate of drug-likeness (QED) is 0.902. The second-order valence-corrected chi connectivity index (χ2v) is 7.21. The Labute approximate surface area is 124 Å². The molecule has 1 aliphatic heterocycles. The van der Waals surface area contributed by atoms with Crippen molar-refractivity contribution < 1.29 is 8.42 Å². The summed E-state index contributed by atoms with van der Waals surface area (Å²) in [6, 6.07) is 8.82. The van der Waals surface area contributed by atoms with Crippen LogP contribution in [-0.4, -0.2) is 32.5 Å². The van der Waals surface area contributed by atoms with Crippen LogP contribution < -0.4 is 10.0 Å². The van der Waals surface area contributed by atoms with Gasteiger partial charge in [-0.05, 0) is 31.0 Å². The summed E-state index contributed by atoms with van der Waals surface area (Å²) >= 11 is 0. The van der Waals surface area contributed by atoms with E-state index in [1.807, 2.05) is 12.1 Å². The fraction of sp³-hybridized carbons (Fsp3) is 0.400. The topological polar surface area (TPSA) is 71.1 Å². The number of nitrogens with one attached hydrogen (secondary N) is 2. The second kappa shape index (κ2) is 5.71. The lowest BCUT2D eigenvalue weighted by Gasteiger charge is -2.30. The number of sulfonamides is 1. The van der Waals surface area contributed by atoms with E-state index in [4.69, 9.17) is 0 Å². The Morgan fingerprint density at radius 3 is 2.90 bits per heavy atom. The lowest BCUT2D eigenvalue weighted by atomic mass is 9.96. The van der Waals surface area contributed by atoms with E-state index in [0.717, 1.165) is 18.4 Å². The zero-order chi connectivity index (χ0) is 14.9. The average molecular weight is 305 g/mol. The first-order valence-electron chi connectivity index (χ1n) is 7.15. The lowest BCUT2D eigenvalue weighted by Crippen LogP contribution is -2.50. The van der Waals surface area contributed by atoms with Crippen LogP contribution in [0.1, 0.15) is 13.3 Å². The molecule has 0 radical (unpaired) electrons. The highest BCUT2D eigenvalue weighted by Gasteiger charge is 2.27. The van der Waals surface area contributed by atoms with Crippen molar-refractivity contribution in [2.75, 3.05) is 13.1 Å². The van der Waals surface area contributed by atoms with Crippen LogP contribution in [0.4, 0.5) is 0 Å². The third-order valence-corrected chi connectivity index (χ3v) is 5.54. The average Bonchev–Trinajstić information content (AvgIpc) is 2.49. The monoisotopic (exact) mass is 305 g/mol. The second-order valence-electron chi connectivity index (χ2n) is 5.53. The molecule has 5 nitrogen and oxygen atoms in total. The van der Waals surface area contributed by atoms with Gasteiger partial charge in [-0.15, -0.1) is 0 Å². The molecule has 2 heterocycles. The highest BCUT2D eigenvalue weighted by molar-refractivity contribution is 7.89. The van der Waals surface area contributed by atoms with Crippen molar-refractivity contribution >= 4 is 20.9 Å². The fourth-order valence-corrected chi connectivity index (χ4v) is 4.23. The molecule has 0 aliphatic carbocycles. The molecule has 112 valence electrons. The van der Waals surface area contributed by atoms with Crippen LogP contribution in [0.2, 0.25) is 0 Å². The molecule has 0 saturated carbocycles. The number of pyridine rings is 1. The van der Waals surface area contributed by atoms with Gasteiger partial charge in [-0.3, -0.25) is 4.98 Å². The Bertz CT molecular complexity index is 740. The van der Waals surface area contributed by atoms with Gasteiger partial charge in [-0.2, -0.15) is 0 Å². The summed E-state index contributed by atoms with van der Waals surface area (Å²) < 4.78 is 28.2. The van der Waals surface area contributed by atoms with Gasteiger partial charge in [0, 0.05) is 24.2 Å². The third-order valence-electron chi connectivity index (χ3n) is 4.02. The van der Waals surface area contributed by atoms with Gasteiger partial charge < -0.3 is 5.32 Å². The molecule has 0 spiro atoms. The van der Waals surface area contributed by atoms with E-state index in [9.17, 15) is 8.42 Å². The maximum atomic E-state index is 12.7. The standard InChI is InChI=1S/C15H19N3O2S/c1-11-7-9-16-10-13(11)18-21(19,20)14-6-2-4-12-5-3-8-17-15(12)14/h2-6,8,11,13,16,18H,7,9-10H2,1H3. The first-order chi connectivity index (χ1) is 10.1. The number of nitrogens with zero attached hydrogens (tertiary/aromatic N) is 1. The number of hydrogen-bond donors (Lipinski definition) is 2. The minimum atomic E-state index is -3.57. The van der Waals surface area contributed by atoms with E-state index in [2.05, 4.69) is 21.9 Å². The molecule has 1 aromatic carbocycles. The van der Waals surface area contributed by atoms with Gasteiger partial charge >= 0.3 is 0 Å². The predicted octanol–water partition coefficient (Wildman–Crippen LogP) is 1.51. The fourth-order valence-electron chi connectivity index (χ4n) is 2.70. The molecule has 2 atom stereocenters. The third kappa shape index (κ3) is 2.92. The van der Waals surface area contributed by atoms with Gasteiger partial charge in [0.25, 0.3) is 0 Å². The van der Waals surface area contributed by atoms with Crippen LogP contribution in [0.15, 0.2) is 41.4 Å². The van der Waals surface area contributed by atoms with Crippen molar-refractivity contribution in [2.45, 2.75) is 24.3 Å². The van der Waals surface area contributed by atoms with Gasteiger partial charge in [-0.1, -0.05) is 25.1 Å². The molecule has 0 amide bonds. The highest BCUT2D eigenvalue weighted by atomic mass is 32.2. The number of rotatable bonds is 3. The lowest BCUT2D eigenvalue weighted by molar-refractivity contribution is 0.327. The van der Waals surface area contributed by atoms with Gasteiger partial charge in [0.15, 0.2) is 0 Å². The molecule has 6 heteroatoms. The normalized spacial score (nSPS) is 23.3. The van der Waals surface area contributed by atoms with Crippen molar-refractivity contribution in [3.05, 3.63) is 36.5 Å². The number of hydrogen-bond acceptors (Lipinski definition) is 4. The van der Waals surface area contributed by atoms with E-state index < -0.39 is 10.0 Å². The Morgan fingerprint density at radius 1 is 1.29 bits per heavy atom. The molecule has 0 bridgehead atoms. The van der Waals surface area contributed by atoms with E-state index in [1.54, 1.807) is 24.4 Å².